The summed E-state index contributed by atoms with van der Waals surface area (Å²) in [6, 6.07) is 7.15. The zero-order valence-corrected chi connectivity index (χ0v) is 16.5. The monoisotopic (exact) mass is 401 g/mol. The summed E-state index contributed by atoms with van der Waals surface area (Å²) >= 11 is 0. The molecule has 29 heavy (non-hydrogen) atoms. The number of benzene rings is 1. The number of methoxy groups -OCH3 is 1. The lowest BCUT2D eigenvalue weighted by molar-refractivity contribution is -0.165. The van der Waals surface area contributed by atoms with E-state index in [0.29, 0.717) is 25.1 Å². The lowest BCUT2D eigenvalue weighted by Crippen LogP contribution is -2.58. The molecule has 1 aliphatic rings. The van der Waals surface area contributed by atoms with Crippen molar-refractivity contribution in [1.82, 2.24) is 15.1 Å². The first kappa shape index (κ1) is 20.9. The highest BCUT2D eigenvalue weighted by Crippen LogP contribution is 2.35. The lowest BCUT2D eigenvalue weighted by atomic mass is 9.72. The molecular weight excluding hydrogens is 374 g/mol. The Labute approximate surface area is 169 Å². The second-order valence-electron chi connectivity index (χ2n) is 7.57. The van der Waals surface area contributed by atoms with Gasteiger partial charge in [-0.25, -0.2) is 0 Å². The van der Waals surface area contributed by atoms with Gasteiger partial charge >= 0.3 is 5.97 Å². The Morgan fingerprint density at radius 1 is 1.38 bits per heavy atom. The quantitative estimate of drug-likeness (QED) is 0.619. The fraction of sp³-hybridized carbons (Fsp3) is 0.476. The van der Waals surface area contributed by atoms with Gasteiger partial charge in [-0.15, -0.1) is 0 Å². The number of aliphatic carboxylic acids is 1. The number of likely N-dealkylation sites (tertiary alicyclic amines) is 1. The van der Waals surface area contributed by atoms with Crippen molar-refractivity contribution < 1.29 is 24.5 Å². The third-order valence-electron chi connectivity index (χ3n) is 5.63. The third-order valence-corrected chi connectivity index (χ3v) is 5.63. The smallest absolute Gasteiger partial charge is 0.314 e. The number of rotatable bonds is 8. The van der Waals surface area contributed by atoms with E-state index in [9.17, 15) is 19.8 Å². The highest BCUT2D eigenvalue weighted by Gasteiger charge is 2.50. The Morgan fingerprint density at radius 2 is 2.21 bits per heavy atom. The molecule has 0 spiro atoms. The molecule has 3 N–H and O–H groups in total. The molecule has 0 unspecified atom stereocenters. The van der Waals surface area contributed by atoms with Crippen LogP contribution in [0.5, 0.6) is 5.75 Å². The molecule has 0 bridgehead atoms. The van der Waals surface area contributed by atoms with Gasteiger partial charge in [0.2, 0.25) is 5.91 Å². The molecule has 0 radical (unpaired) electrons. The molecule has 1 aromatic heterocycles. The average Bonchev–Trinajstić information content (AvgIpc) is 3.23. The first-order valence-electron chi connectivity index (χ1n) is 9.74. The summed E-state index contributed by atoms with van der Waals surface area (Å²) in [5.41, 5.74) is 0.343. The van der Waals surface area contributed by atoms with E-state index in [1.165, 1.54) is 0 Å². The number of aromatic nitrogens is 2. The summed E-state index contributed by atoms with van der Waals surface area (Å²) in [5, 5.41) is 27.3. The number of hydrogen-bond donors (Lipinski definition) is 3. The predicted molar refractivity (Wildman–Crippen MR) is 105 cm³/mol. The second kappa shape index (κ2) is 9.09. The van der Waals surface area contributed by atoms with Gasteiger partial charge in [-0.3, -0.25) is 14.7 Å². The van der Waals surface area contributed by atoms with Crippen molar-refractivity contribution >= 4 is 11.9 Å². The molecule has 156 valence electrons. The summed E-state index contributed by atoms with van der Waals surface area (Å²) in [5.74, 6) is -0.555. The van der Waals surface area contributed by atoms with Crippen LogP contribution in [0, 0.1) is 5.41 Å². The number of amides is 1. The van der Waals surface area contributed by atoms with Crippen LogP contribution < -0.4 is 4.74 Å². The molecule has 1 aliphatic heterocycles. The number of ether oxygens (including phenoxy) is 1. The number of piperidine rings is 1. The van der Waals surface area contributed by atoms with Crippen LogP contribution in [0.25, 0.3) is 0 Å². The second-order valence-corrected chi connectivity index (χ2v) is 7.57. The Morgan fingerprint density at radius 3 is 2.90 bits per heavy atom. The number of aliphatic hydroxyl groups excluding tert-OH is 1. The molecule has 0 saturated carbocycles. The van der Waals surface area contributed by atoms with Crippen molar-refractivity contribution in [3.8, 4) is 5.75 Å². The van der Waals surface area contributed by atoms with Crippen LogP contribution in [-0.2, 0) is 22.4 Å². The maximum atomic E-state index is 12.7. The van der Waals surface area contributed by atoms with Crippen molar-refractivity contribution in [1.29, 1.82) is 0 Å². The van der Waals surface area contributed by atoms with E-state index in [4.69, 9.17) is 4.74 Å². The Hall–Kier alpha value is -2.87. The van der Waals surface area contributed by atoms with Gasteiger partial charge in [0.05, 0.1) is 19.4 Å². The number of aryl methyl sites for hydroxylation is 1. The van der Waals surface area contributed by atoms with Crippen LogP contribution >= 0.6 is 0 Å². The molecule has 8 heteroatoms. The van der Waals surface area contributed by atoms with Gasteiger partial charge in [-0.1, -0.05) is 12.1 Å². The SMILES string of the molecule is COc1cccc(C[C@@]2(C(=O)O)CN(C(=O)CCCc3cn[nH]c3)CC[C@H]2O)c1. The number of H-pyrrole nitrogens is 1. The highest BCUT2D eigenvalue weighted by molar-refractivity contribution is 5.80. The maximum Gasteiger partial charge on any atom is 0.314 e. The molecule has 1 saturated heterocycles. The number of aromatic amines is 1. The first-order valence-corrected chi connectivity index (χ1v) is 9.74. The maximum absolute atomic E-state index is 12.7. The minimum atomic E-state index is -1.44. The van der Waals surface area contributed by atoms with Crippen LogP contribution in [-0.4, -0.2) is 63.5 Å². The van der Waals surface area contributed by atoms with Gasteiger partial charge in [-0.05, 0) is 48.9 Å². The topological polar surface area (TPSA) is 116 Å². The number of carbonyl (C=O) groups excluding carboxylic acids is 1. The highest BCUT2D eigenvalue weighted by atomic mass is 16.5. The van der Waals surface area contributed by atoms with Crippen LogP contribution in [0.4, 0.5) is 0 Å². The number of carbonyl (C=O) groups is 2. The Bertz CT molecular complexity index is 839. The summed E-state index contributed by atoms with van der Waals surface area (Å²) in [6.07, 6.45) is 4.58. The van der Waals surface area contributed by atoms with Crippen LogP contribution in [0.2, 0.25) is 0 Å². The van der Waals surface area contributed by atoms with E-state index < -0.39 is 17.5 Å². The number of aliphatic hydroxyl groups is 1. The van der Waals surface area contributed by atoms with Crippen molar-refractivity contribution in [3.05, 3.63) is 47.8 Å². The summed E-state index contributed by atoms with van der Waals surface area (Å²) in [6.45, 7) is 0.351. The Kier molecular flexibility index (Phi) is 6.53. The first-order chi connectivity index (χ1) is 13.9. The molecule has 2 heterocycles. The van der Waals surface area contributed by atoms with Crippen molar-refractivity contribution in [2.75, 3.05) is 20.2 Å². The van der Waals surface area contributed by atoms with Crippen LogP contribution in [0.3, 0.4) is 0 Å². The zero-order valence-electron chi connectivity index (χ0n) is 16.5. The van der Waals surface area contributed by atoms with Gasteiger partial charge < -0.3 is 19.8 Å². The van der Waals surface area contributed by atoms with E-state index in [1.54, 1.807) is 42.6 Å². The minimum absolute atomic E-state index is 0.00868. The van der Waals surface area contributed by atoms with Crippen LogP contribution in [0.1, 0.15) is 30.4 Å². The third kappa shape index (κ3) is 4.76. The standard InChI is InChI=1S/C21H27N3O5/c1-29-17-6-2-4-15(10-17)11-21(20(27)28)14-24(9-8-18(21)25)19(26)7-3-5-16-12-22-23-13-16/h2,4,6,10,12-13,18,25H,3,5,7-9,11,14H2,1H3,(H,22,23)(H,27,28)/t18-,21-/m1/s1. The van der Waals surface area contributed by atoms with E-state index >= 15 is 0 Å². The predicted octanol–water partition coefficient (Wildman–Crippen LogP) is 1.65. The number of nitrogens with one attached hydrogen (secondary N) is 1. The number of carboxylic acid groups (broad SMARTS) is 1. The fourth-order valence-corrected chi connectivity index (χ4v) is 3.91. The molecule has 2 aromatic rings. The molecular formula is C21H27N3O5. The van der Waals surface area contributed by atoms with Gasteiger partial charge in [0.15, 0.2) is 0 Å². The van der Waals surface area contributed by atoms with Crippen molar-refractivity contribution in [2.24, 2.45) is 5.41 Å². The van der Waals surface area contributed by atoms with Crippen LogP contribution in [0.15, 0.2) is 36.7 Å². The average molecular weight is 401 g/mol. The summed E-state index contributed by atoms with van der Waals surface area (Å²) < 4.78 is 5.22. The fourth-order valence-electron chi connectivity index (χ4n) is 3.91. The number of carboxylic acids is 1. The molecule has 2 atom stereocenters. The van der Waals surface area contributed by atoms with E-state index in [2.05, 4.69) is 10.2 Å². The summed E-state index contributed by atoms with van der Waals surface area (Å²) in [4.78, 5) is 26.5. The molecule has 0 aliphatic carbocycles. The van der Waals surface area contributed by atoms with E-state index in [-0.39, 0.29) is 25.3 Å². The minimum Gasteiger partial charge on any atom is -0.497 e. The number of nitrogens with zero attached hydrogens (tertiary/aromatic N) is 2. The lowest BCUT2D eigenvalue weighted by Gasteiger charge is -2.43. The normalized spacial score (nSPS) is 21.7. The van der Waals surface area contributed by atoms with E-state index in [1.807, 2.05) is 6.07 Å². The van der Waals surface area contributed by atoms with Crippen molar-refractivity contribution in [3.63, 3.8) is 0 Å². The zero-order chi connectivity index (χ0) is 20.9. The van der Waals surface area contributed by atoms with Gasteiger partial charge in [0.1, 0.15) is 11.2 Å². The molecule has 1 aromatic carbocycles. The molecule has 8 nitrogen and oxygen atoms in total. The number of hydrogen-bond acceptors (Lipinski definition) is 5. The van der Waals surface area contributed by atoms with Gasteiger partial charge in [-0.2, -0.15) is 5.10 Å². The largest absolute Gasteiger partial charge is 0.497 e. The molecule has 1 amide bonds. The van der Waals surface area contributed by atoms with Gasteiger partial charge in [0.25, 0.3) is 0 Å². The molecule has 3 rings (SSSR count). The van der Waals surface area contributed by atoms with Gasteiger partial charge in [0, 0.05) is 25.7 Å². The Balaban J connectivity index is 1.70. The molecule has 1 fully saturated rings. The van der Waals surface area contributed by atoms with E-state index in [0.717, 1.165) is 17.5 Å². The van der Waals surface area contributed by atoms with Crippen molar-refractivity contribution in [2.45, 2.75) is 38.2 Å². The summed E-state index contributed by atoms with van der Waals surface area (Å²) in [7, 11) is 1.55.